The second kappa shape index (κ2) is 7.06. The van der Waals surface area contributed by atoms with Crippen LogP contribution in [-0.2, 0) is 27.0 Å². The first kappa shape index (κ1) is 19.5. The van der Waals surface area contributed by atoms with Crippen LogP contribution >= 0.6 is 0 Å². The van der Waals surface area contributed by atoms with Crippen LogP contribution in [0.3, 0.4) is 0 Å². The van der Waals surface area contributed by atoms with Gasteiger partial charge in [0.2, 0.25) is 11.8 Å². The Hall–Kier alpha value is -3.23. The number of nitrogens with zero attached hydrogens (tertiary/aromatic N) is 2. The zero-order valence-corrected chi connectivity index (χ0v) is 16.3. The van der Waals surface area contributed by atoms with Crippen LogP contribution in [0.5, 0.6) is 0 Å². The third kappa shape index (κ3) is 4.03. The van der Waals surface area contributed by atoms with E-state index in [1.165, 1.54) is 0 Å². The molecule has 3 N–H and O–H groups in total. The maximum atomic E-state index is 12.3. The minimum atomic E-state index is -1.18. The normalized spacial score (nSPS) is 19.3. The van der Waals surface area contributed by atoms with Gasteiger partial charge in [0.15, 0.2) is 5.82 Å². The van der Waals surface area contributed by atoms with Gasteiger partial charge in [-0.15, -0.1) is 0 Å². The maximum Gasteiger partial charge on any atom is 0.322 e. The number of aryl methyl sites for hydroxylation is 1. The highest BCUT2D eigenvalue weighted by molar-refractivity contribution is 6.07. The molecule has 28 heavy (non-hydrogen) atoms. The Kier molecular flexibility index (Phi) is 4.93. The van der Waals surface area contributed by atoms with Gasteiger partial charge in [-0.2, -0.15) is 4.98 Å². The van der Waals surface area contributed by atoms with Crippen molar-refractivity contribution in [3.8, 4) is 0 Å². The van der Waals surface area contributed by atoms with E-state index in [0.717, 1.165) is 0 Å². The highest BCUT2D eigenvalue weighted by Gasteiger charge is 2.43. The first-order valence-electron chi connectivity index (χ1n) is 8.95. The van der Waals surface area contributed by atoms with E-state index in [1.54, 1.807) is 31.2 Å². The predicted octanol–water partition coefficient (Wildman–Crippen LogP) is 1.99. The molecule has 1 aliphatic heterocycles. The van der Waals surface area contributed by atoms with Crippen LogP contribution in [0.4, 0.5) is 10.5 Å². The average Bonchev–Trinajstić information content (AvgIpc) is 3.18. The fraction of sp³-hybridized carbons (Fsp3) is 0.421. The zero-order valence-electron chi connectivity index (χ0n) is 16.3. The molecule has 1 aliphatic rings. The Labute approximate surface area is 162 Å². The molecule has 0 spiro atoms. The van der Waals surface area contributed by atoms with Crippen LogP contribution in [0.25, 0.3) is 0 Å². The highest BCUT2D eigenvalue weighted by atomic mass is 16.5. The van der Waals surface area contributed by atoms with E-state index in [2.05, 4.69) is 26.1 Å². The van der Waals surface area contributed by atoms with E-state index >= 15 is 0 Å². The summed E-state index contributed by atoms with van der Waals surface area (Å²) < 4.78 is 5.19. The summed E-state index contributed by atoms with van der Waals surface area (Å²) in [6.07, 6.45) is 0.495. The lowest BCUT2D eigenvalue weighted by molar-refractivity contribution is -0.123. The van der Waals surface area contributed by atoms with Crippen LogP contribution in [0, 0.1) is 0 Å². The van der Waals surface area contributed by atoms with Gasteiger partial charge in [-0.05, 0) is 24.6 Å². The van der Waals surface area contributed by atoms with Crippen LogP contribution in [0.15, 0.2) is 28.8 Å². The molecule has 1 aromatic carbocycles. The van der Waals surface area contributed by atoms with Gasteiger partial charge in [-0.1, -0.05) is 38.1 Å². The maximum absolute atomic E-state index is 12.3. The van der Waals surface area contributed by atoms with Crippen molar-refractivity contribution in [1.82, 2.24) is 20.8 Å². The van der Waals surface area contributed by atoms with Gasteiger partial charge >= 0.3 is 6.03 Å². The molecule has 1 atom stereocenters. The summed E-state index contributed by atoms with van der Waals surface area (Å²) in [4.78, 5) is 40.1. The Morgan fingerprint density at radius 2 is 2.04 bits per heavy atom. The summed E-state index contributed by atoms with van der Waals surface area (Å²) in [5.74, 6) is 0.345. The van der Waals surface area contributed by atoms with Crippen LogP contribution in [0.2, 0.25) is 0 Å². The summed E-state index contributed by atoms with van der Waals surface area (Å²) in [7, 11) is 0. The molecule has 1 unspecified atom stereocenters. The standard InChI is InChI=1S/C19H23N5O4/c1-18(2,3)15-21-14(28-24-15)9-8-13(25)20-12-7-5-6-11(10-12)19(4)16(26)22-17(27)23-19/h5-7,10H,8-9H2,1-4H3,(H,20,25)(H2,22,23,26,27). The number of aromatic nitrogens is 2. The molecule has 2 aromatic rings. The zero-order chi connectivity index (χ0) is 20.5. The summed E-state index contributed by atoms with van der Waals surface area (Å²) >= 11 is 0. The van der Waals surface area contributed by atoms with E-state index in [9.17, 15) is 14.4 Å². The molecule has 9 nitrogen and oxygen atoms in total. The minimum Gasteiger partial charge on any atom is -0.339 e. The van der Waals surface area contributed by atoms with Crippen LogP contribution in [0.1, 0.15) is 51.4 Å². The molecule has 4 amide bonds. The van der Waals surface area contributed by atoms with Crippen molar-refractivity contribution in [2.45, 2.75) is 51.5 Å². The molecule has 3 rings (SSSR count). The fourth-order valence-electron chi connectivity index (χ4n) is 2.76. The quantitative estimate of drug-likeness (QED) is 0.676. The summed E-state index contributed by atoms with van der Waals surface area (Å²) in [5.41, 5.74) is -0.299. The molecule has 1 saturated heterocycles. The molecule has 0 radical (unpaired) electrons. The first-order valence-corrected chi connectivity index (χ1v) is 8.95. The lowest BCUT2D eigenvalue weighted by Crippen LogP contribution is -2.40. The Balaban J connectivity index is 1.63. The fourth-order valence-corrected chi connectivity index (χ4v) is 2.76. The molecule has 1 aromatic heterocycles. The van der Waals surface area contributed by atoms with Crippen molar-refractivity contribution in [2.24, 2.45) is 0 Å². The number of hydrogen-bond acceptors (Lipinski definition) is 6. The average molecular weight is 385 g/mol. The van der Waals surface area contributed by atoms with E-state index in [4.69, 9.17) is 4.52 Å². The predicted molar refractivity (Wildman–Crippen MR) is 100 cm³/mol. The molecular weight excluding hydrogens is 362 g/mol. The van der Waals surface area contributed by atoms with Gasteiger partial charge in [-0.3, -0.25) is 14.9 Å². The van der Waals surface area contributed by atoms with E-state index < -0.39 is 17.5 Å². The van der Waals surface area contributed by atoms with Gasteiger partial charge in [0.1, 0.15) is 5.54 Å². The number of imide groups is 1. The third-order valence-electron chi connectivity index (χ3n) is 4.47. The van der Waals surface area contributed by atoms with E-state index in [0.29, 0.717) is 29.4 Å². The number of amides is 4. The van der Waals surface area contributed by atoms with Crippen molar-refractivity contribution in [1.29, 1.82) is 0 Å². The number of carbonyl (C=O) groups is 3. The number of anilines is 1. The number of benzene rings is 1. The number of urea groups is 1. The van der Waals surface area contributed by atoms with Gasteiger partial charge in [-0.25, -0.2) is 4.79 Å². The Morgan fingerprint density at radius 3 is 2.64 bits per heavy atom. The number of hydrogen-bond donors (Lipinski definition) is 3. The first-order chi connectivity index (χ1) is 13.1. The second-order valence-electron chi connectivity index (χ2n) is 7.92. The van der Waals surface area contributed by atoms with Gasteiger partial charge < -0.3 is 15.2 Å². The molecule has 0 saturated carbocycles. The third-order valence-corrected chi connectivity index (χ3v) is 4.47. The summed E-state index contributed by atoms with van der Waals surface area (Å²) in [6, 6.07) is 6.25. The highest BCUT2D eigenvalue weighted by Crippen LogP contribution is 2.26. The van der Waals surface area contributed by atoms with Gasteiger partial charge in [0.25, 0.3) is 5.91 Å². The SMILES string of the molecule is CC(C)(C)c1noc(CCC(=O)Nc2cccc(C3(C)NC(=O)NC3=O)c2)n1. The summed E-state index contributed by atoms with van der Waals surface area (Å²) in [6.45, 7) is 7.55. The Bertz CT molecular complexity index is 930. The van der Waals surface area contributed by atoms with Crippen molar-refractivity contribution < 1.29 is 18.9 Å². The van der Waals surface area contributed by atoms with Gasteiger partial charge in [0, 0.05) is 23.9 Å². The molecule has 148 valence electrons. The van der Waals surface area contributed by atoms with Crippen LogP contribution < -0.4 is 16.0 Å². The largest absolute Gasteiger partial charge is 0.339 e. The lowest BCUT2D eigenvalue weighted by Gasteiger charge is -2.21. The van der Waals surface area contributed by atoms with Crippen molar-refractivity contribution in [2.75, 3.05) is 5.32 Å². The number of nitrogens with one attached hydrogen (secondary N) is 3. The molecule has 2 heterocycles. The topological polar surface area (TPSA) is 126 Å². The monoisotopic (exact) mass is 385 g/mol. The van der Waals surface area contributed by atoms with Crippen LogP contribution in [-0.4, -0.2) is 28.0 Å². The Morgan fingerprint density at radius 1 is 1.29 bits per heavy atom. The molecule has 0 bridgehead atoms. The molecule has 0 aliphatic carbocycles. The lowest BCUT2D eigenvalue weighted by atomic mass is 9.92. The smallest absolute Gasteiger partial charge is 0.322 e. The van der Waals surface area contributed by atoms with Gasteiger partial charge in [0.05, 0.1) is 0 Å². The van der Waals surface area contributed by atoms with E-state index in [-0.39, 0.29) is 17.7 Å². The summed E-state index contributed by atoms with van der Waals surface area (Å²) in [5, 5.41) is 11.5. The number of carbonyl (C=O) groups excluding carboxylic acids is 3. The van der Waals surface area contributed by atoms with E-state index in [1.807, 2.05) is 20.8 Å². The molecular formula is C19H23N5O4. The second-order valence-corrected chi connectivity index (χ2v) is 7.92. The van der Waals surface area contributed by atoms with Crippen molar-refractivity contribution >= 4 is 23.5 Å². The molecule has 1 fully saturated rings. The van der Waals surface area contributed by atoms with Crippen molar-refractivity contribution in [3.05, 3.63) is 41.5 Å². The number of rotatable bonds is 5. The minimum absolute atomic E-state index is 0.171. The van der Waals surface area contributed by atoms with Crippen molar-refractivity contribution in [3.63, 3.8) is 0 Å². The molecule has 9 heteroatoms.